The zero-order valence-electron chi connectivity index (χ0n) is 10.3. The number of carbonyl (C=O) groups is 1. The van der Waals surface area contributed by atoms with E-state index in [1.165, 1.54) is 6.20 Å². The van der Waals surface area contributed by atoms with Crippen molar-refractivity contribution in [1.82, 2.24) is 15.5 Å². The highest BCUT2D eigenvalue weighted by molar-refractivity contribution is 5.93. The molecule has 6 heteroatoms. The van der Waals surface area contributed by atoms with Gasteiger partial charge in [-0.15, -0.1) is 0 Å². The summed E-state index contributed by atoms with van der Waals surface area (Å²) in [4.78, 5) is 12.0. The van der Waals surface area contributed by atoms with Gasteiger partial charge in [0.15, 0.2) is 0 Å². The summed E-state index contributed by atoms with van der Waals surface area (Å²) in [6.07, 6.45) is 4.39. The molecule has 0 spiro atoms. The average Bonchev–Trinajstić information content (AvgIpc) is 3.02. The molecule has 2 fully saturated rings. The summed E-state index contributed by atoms with van der Waals surface area (Å²) in [5.41, 5.74) is 0.563. The van der Waals surface area contributed by atoms with Gasteiger partial charge in [-0.25, -0.2) is 0 Å². The van der Waals surface area contributed by atoms with E-state index in [9.17, 15) is 4.79 Å². The summed E-state index contributed by atoms with van der Waals surface area (Å²) in [5.74, 6) is 0.611. The Balaban J connectivity index is 1.66. The van der Waals surface area contributed by atoms with Crippen LogP contribution in [-0.4, -0.2) is 48.6 Å². The van der Waals surface area contributed by atoms with E-state index in [1.54, 1.807) is 13.3 Å². The van der Waals surface area contributed by atoms with E-state index in [0.717, 1.165) is 13.0 Å². The number of nitrogens with zero attached hydrogens (tertiary/aromatic N) is 1. The molecule has 1 aliphatic heterocycles. The SMILES string of the molecule is COC[C@H]1[C@H](NC(=O)c2cn[nH]c2)[C@H]2CCO[C@H]21. The monoisotopic (exact) mass is 251 g/mol. The predicted octanol–water partition coefficient (Wildman–Crippen LogP) is 0.189. The molecule has 0 unspecified atom stereocenters. The summed E-state index contributed by atoms with van der Waals surface area (Å²) in [7, 11) is 1.68. The molecule has 18 heavy (non-hydrogen) atoms. The van der Waals surface area contributed by atoms with E-state index in [-0.39, 0.29) is 24.0 Å². The number of hydrogen-bond donors (Lipinski definition) is 2. The Morgan fingerprint density at radius 2 is 2.61 bits per heavy atom. The maximum Gasteiger partial charge on any atom is 0.254 e. The zero-order chi connectivity index (χ0) is 12.5. The van der Waals surface area contributed by atoms with Crippen molar-refractivity contribution in [1.29, 1.82) is 0 Å². The first-order chi connectivity index (χ1) is 8.81. The molecule has 0 bridgehead atoms. The minimum Gasteiger partial charge on any atom is -0.384 e. The maximum absolute atomic E-state index is 12.0. The third-order valence-corrected chi connectivity index (χ3v) is 3.95. The largest absolute Gasteiger partial charge is 0.384 e. The summed E-state index contributed by atoms with van der Waals surface area (Å²) in [5, 5.41) is 9.49. The molecule has 4 atom stereocenters. The van der Waals surface area contributed by atoms with Gasteiger partial charge in [-0.05, 0) is 6.42 Å². The Hall–Kier alpha value is -1.40. The fourth-order valence-corrected chi connectivity index (χ4v) is 3.04. The van der Waals surface area contributed by atoms with Gasteiger partial charge in [-0.1, -0.05) is 0 Å². The second-order valence-corrected chi connectivity index (χ2v) is 4.89. The van der Waals surface area contributed by atoms with Gasteiger partial charge >= 0.3 is 0 Å². The fraction of sp³-hybridized carbons (Fsp3) is 0.667. The molecule has 2 N–H and O–H groups in total. The zero-order valence-corrected chi connectivity index (χ0v) is 10.3. The highest BCUT2D eigenvalue weighted by Crippen LogP contribution is 2.43. The highest BCUT2D eigenvalue weighted by atomic mass is 16.5. The molecular formula is C12H17N3O3. The molecule has 2 aliphatic rings. The molecule has 98 valence electrons. The van der Waals surface area contributed by atoms with Crippen LogP contribution in [0.4, 0.5) is 0 Å². The third kappa shape index (κ3) is 1.81. The quantitative estimate of drug-likeness (QED) is 0.801. The number of ether oxygens (including phenoxy) is 2. The summed E-state index contributed by atoms with van der Waals surface area (Å²) >= 11 is 0. The average molecular weight is 251 g/mol. The normalized spacial score (nSPS) is 33.8. The first-order valence-electron chi connectivity index (χ1n) is 6.21. The van der Waals surface area contributed by atoms with Crippen molar-refractivity contribution >= 4 is 5.91 Å². The van der Waals surface area contributed by atoms with E-state index in [1.807, 2.05) is 0 Å². The Morgan fingerprint density at radius 3 is 3.33 bits per heavy atom. The Kier molecular flexibility index (Phi) is 3.05. The van der Waals surface area contributed by atoms with E-state index in [4.69, 9.17) is 9.47 Å². The van der Waals surface area contributed by atoms with Crippen LogP contribution in [-0.2, 0) is 9.47 Å². The van der Waals surface area contributed by atoms with Gasteiger partial charge in [0.25, 0.3) is 5.91 Å². The molecule has 1 saturated heterocycles. The van der Waals surface area contributed by atoms with Gasteiger partial charge < -0.3 is 14.8 Å². The van der Waals surface area contributed by atoms with Crippen LogP contribution in [0.1, 0.15) is 16.8 Å². The van der Waals surface area contributed by atoms with Gasteiger partial charge in [-0.2, -0.15) is 5.10 Å². The second-order valence-electron chi connectivity index (χ2n) is 4.89. The number of amides is 1. The number of rotatable bonds is 4. The lowest BCUT2D eigenvalue weighted by Gasteiger charge is -2.47. The molecule has 1 amide bonds. The molecular weight excluding hydrogens is 234 g/mol. The summed E-state index contributed by atoms with van der Waals surface area (Å²) < 4.78 is 10.9. The van der Waals surface area contributed by atoms with Crippen molar-refractivity contribution in [3.8, 4) is 0 Å². The smallest absolute Gasteiger partial charge is 0.254 e. The second kappa shape index (κ2) is 4.70. The number of methoxy groups -OCH3 is 1. The highest BCUT2D eigenvalue weighted by Gasteiger charge is 2.54. The maximum atomic E-state index is 12.0. The van der Waals surface area contributed by atoms with Crippen LogP contribution in [0.5, 0.6) is 0 Å². The van der Waals surface area contributed by atoms with Crippen molar-refractivity contribution in [2.45, 2.75) is 18.6 Å². The van der Waals surface area contributed by atoms with E-state index in [2.05, 4.69) is 15.5 Å². The fourth-order valence-electron chi connectivity index (χ4n) is 3.04. The number of H-pyrrole nitrogens is 1. The lowest BCUT2D eigenvalue weighted by molar-refractivity contribution is -0.0809. The Morgan fingerprint density at radius 1 is 1.72 bits per heavy atom. The van der Waals surface area contributed by atoms with Crippen molar-refractivity contribution in [3.63, 3.8) is 0 Å². The topological polar surface area (TPSA) is 76.2 Å². The Bertz CT molecular complexity index is 420. The van der Waals surface area contributed by atoms with Crippen molar-refractivity contribution < 1.29 is 14.3 Å². The molecule has 0 radical (unpaired) electrons. The number of aromatic amines is 1. The van der Waals surface area contributed by atoms with Gasteiger partial charge in [0.1, 0.15) is 0 Å². The van der Waals surface area contributed by atoms with E-state index >= 15 is 0 Å². The van der Waals surface area contributed by atoms with Crippen LogP contribution in [0.3, 0.4) is 0 Å². The number of hydrogen-bond acceptors (Lipinski definition) is 4. The molecule has 1 saturated carbocycles. The molecule has 1 aromatic rings. The molecule has 1 aliphatic carbocycles. The van der Waals surface area contributed by atoms with Crippen molar-refractivity contribution in [2.75, 3.05) is 20.3 Å². The first kappa shape index (κ1) is 11.7. The Labute approximate surface area is 105 Å². The number of aromatic nitrogens is 2. The number of fused-ring (bicyclic) bond motifs is 1. The third-order valence-electron chi connectivity index (χ3n) is 3.95. The number of nitrogens with one attached hydrogen (secondary N) is 2. The minimum absolute atomic E-state index is 0.0831. The summed E-state index contributed by atoms with van der Waals surface area (Å²) in [6, 6.07) is 0.153. The van der Waals surface area contributed by atoms with Crippen LogP contribution in [0.25, 0.3) is 0 Å². The van der Waals surface area contributed by atoms with Gasteiger partial charge in [0.05, 0.1) is 24.5 Å². The number of carbonyl (C=O) groups excluding carboxylic acids is 1. The van der Waals surface area contributed by atoms with E-state index in [0.29, 0.717) is 18.1 Å². The standard InChI is InChI=1S/C12H17N3O3/c1-17-6-9-10(8-2-3-18-11(8)9)15-12(16)7-4-13-14-5-7/h4-5,8-11H,2-3,6H2,1H3,(H,13,14)(H,15,16)/t8-,9+,10-,11-/m1/s1. The molecule has 6 nitrogen and oxygen atoms in total. The lowest BCUT2D eigenvalue weighted by Crippen LogP contribution is -2.62. The molecule has 3 rings (SSSR count). The molecule has 2 heterocycles. The van der Waals surface area contributed by atoms with Crippen molar-refractivity contribution in [3.05, 3.63) is 18.0 Å². The van der Waals surface area contributed by atoms with Crippen molar-refractivity contribution in [2.24, 2.45) is 11.8 Å². The first-order valence-corrected chi connectivity index (χ1v) is 6.21. The lowest BCUT2D eigenvalue weighted by atomic mass is 9.67. The molecule has 0 aromatic carbocycles. The van der Waals surface area contributed by atoms with Gasteiger partial charge in [0.2, 0.25) is 0 Å². The summed E-state index contributed by atoms with van der Waals surface area (Å²) in [6.45, 7) is 1.41. The van der Waals surface area contributed by atoms with Gasteiger partial charge in [0, 0.05) is 37.8 Å². The molecule has 1 aromatic heterocycles. The van der Waals surface area contributed by atoms with Crippen LogP contribution in [0, 0.1) is 11.8 Å². The van der Waals surface area contributed by atoms with E-state index < -0.39 is 0 Å². The van der Waals surface area contributed by atoms with Gasteiger partial charge in [-0.3, -0.25) is 9.89 Å². The van der Waals surface area contributed by atoms with Crippen LogP contribution in [0.15, 0.2) is 12.4 Å². The van der Waals surface area contributed by atoms with Crippen LogP contribution in [0.2, 0.25) is 0 Å². The van der Waals surface area contributed by atoms with Crippen LogP contribution >= 0.6 is 0 Å². The minimum atomic E-state index is -0.0831. The van der Waals surface area contributed by atoms with Crippen LogP contribution < -0.4 is 5.32 Å². The predicted molar refractivity (Wildman–Crippen MR) is 63.1 cm³/mol.